The van der Waals surface area contributed by atoms with Crippen LogP contribution in [0.5, 0.6) is 17.2 Å². The van der Waals surface area contributed by atoms with Gasteiger partial charge in [0.2, 0.25) is 0 Å². The van der Waals surface area contributed by atoms with Crippen LogP contribution in [0.3, 0.4) is 0 Å². The number of nitrogens with zero attached hydrogens (tertiary/aromatic N) is 1. The van der Waals surface area contributed by atoms with Crippen molar-refractivity contribution in [3.05, 3.63) is 53.7 Å². The Balaban J connectivity index is 1.53. The molecule has 1 heterocycles. The third-order valence-corrected chi connectivity index (χ3v) is 4.77. The summed E-state index contributed by atoms with van der Waals surface area (Å²) in [5.41, 5.74) is 1.54. The fraction of sp³-hybridized carbons (Fsp3) is 0.200. The van der Waals surface area contributed by atoms with E-state index in [-0.39, 0.29) is 0 Å². The molecule has 1 fully saturated rings. The van der Waals surface area contributed by atoms with Crippen molar-refractivity contribution in [3.63, 3.8) is 0 Å². The number of rotatable bonds is 5. The van der Waals surface area contributed by atoms with Gasteiger partial charge in [-0.15, -0.1) is 0 Å². The van der Waals surface area contributed by atoms with E-state index < -0.39 is 0 Å². The molecule has 1 aliphatic carbocycles. The van der Waals surface area contributed by atoms with Gasteiger partial charge in [-0.05, 0) is 55.4 Å². The summed E-state index contributed by atoms with van der Waals surface area (Å²) in [7, 11) is 1.63. The minimum Gasteiger partial charge on any atom is -0.497 e. The zero-order valence-electron chi connectivity index (χ0n) is 14.7. The Morgan fingerprint density at radius 1 is 1.15 bits per heavy atom. The van der Waals surface area contributed by atoms with E-state index in [0.717, 1.165) is 35.2 Å². The number of pyridine rings is 1. The van der Waals surface area contributed by atoms with E-state index in [1.165, 1.54) is 0 Å². The van der Waals surface area contributed by atoms with Crippen molar-refractivity contribution in [1.29, 1.82) is 0 Å². The molecule has 0 spiro atoms. The monoisotopic (exact) mass is 399 g/mol. The van der Waals surface area contributed by atoms with Crippen molar-refractivity contribution in [2.45, 2.75) is 18.9 Å². The maximum atomic E-state index is 6.39. The van der Waals surface area contributed by atoms with E-state index >= 15 is 0 Å². The highest BCUT2D eigenvalue weighted by Gasteiger charge is 2.22. The number of hydrogen-bond acceptors (Lipinski definition) is 4. The molecule has 3 aromatic rings. The van der Waals surface area contributed by atoms with E-state index in [1.807, 2.05) is 36.4 Å². The fourth-order valence-electron chi connectivity index (χ4n) is 2.68. The smallest absolute Gasteiger partial charge is 0.171 e. The molecule has 1 saturated carbocycles. The number of benzene rings is 2. The Morgan fingerprint density at radius 2 is 1.96 bits per heavy atom. The minimum absolute atomic E-state index is 0.491. The van der Waals surface area contributed by atoms with E-state index in [4.69, 9.17) is 33.3 Å². The first-order valence-corrected chi connectivity index (χ1v) is 9.38. The van der Waals surface area contributed by atoms with Gasteiger partial charge in [-0.25, -0.2) is 0 Å². The van der Waals surface area contributed by atoms with Gasteiger partial charge in [0.15, 0.2) is 5.11 Å². The Hall–Kier alpha value is -2.57. The minimum atomic E-state index is 0.491. The zero-order valence-corrected chi connectivity index (χ0v) is 16.2. The van der Waals surface area contributed by atoms with E-state index in [0.29, 0.717) is 27.7 Å². The fourth-order valence-corrected chi connectivity index (χ4v) is 3.17. The van der Waals surface area contributed by atoms with Crippen LogP contribution in [0.25, 0.3) is 10.9 Å². The van der Waals surface area contributed by atoms with Crippen LogP contribution in [0.4, 0.5) is 5.69 Å². The topological polar surface area (TPSA) is 55.4 Å². The first-order chi connectivity index (χ1) is 13.1. The van der Waals surface area contributed by atoms with Crippen LogP contribution in [-0.2, 0) is 0 Å². The number of fused-ring (bicyclic) bond motifs is 1. The first kappa shape index (κ1) is 17.8. The molecule has 0 bridgehead atoms. The number of nitrogens with one attached hydrogen (secondary N) is 2. The van der Waals surface area contributed by atoms with Gasteiger partial charge in [-0.1, -0.05) is 11.6 Å². The van der Waals surface area contributed by atoms with E-state index in [2.05, 4.69) is 15.6 Å². The van der Waals surface area contributed by atoms with Crippen molar-refractivity contribution >= 4 is 45.5 Å². The molecule has 27 heavy (non-hydrogen) atoms. The Labute approximate surface area is 167 Å². The average Bonchev–Trinajstić information content (AvgIpc) is 3.47. The maximum absolute atomic E-state index is 6.39. The van der Waals surface area contributed by atoms with Crippen LogP contribution < -0.4 is 20.1 Å². The van der Waals surface area contributed by atoms with Crippen LogP contribution in [0.2, 0.25) is 5.02 Å². The lowest BCUT2D eigenvalue weighted by Crippen LogP contribution is -2.30. The Kier molecular flexibility index (Phi) is 5.01. The molecule has 0 atom stereocenters. The predicted molar refractivity (Wildman–Crippen MR) is 112 cm³/mol. The summed E-state index contributed by atoms with van der Waals surface area (Å²) >= 11 is 11.7. The van der Waals surface area contributed by atoms with Gasteiger partial charge >= 0.3 is 0 Å². The summed E-state index contributed by atoms with van der Waals surface area (Å²) in [6, 6.07) is 13.5. The number of aromatic nitrogens is 1. The van der Waals surface area contributed by atoms with Gasteiger partial charge in [0.1, 0.15) is 17.2 Å². The summed E-state index contributed by atoms with van der Waals surface area (Å²) in [5.74, 6) is 2.08. The molecule has 1 aliphatic rings. The second kappa shape index (κ2) is 7.58. The summed E-state index contributed by atoms with van der Waals surface area (Å²) in [5, 5.41) is 8.37. The normalized spacial score (nSPS) is 13.3. The van der Waals surface area contributed by atoms with Crippen molar-refractivity contribution in [3.8, 4) is 17.2 Å². The van der Waals surface area contributed by atoms with Crippen molar-refractivity contribution in [1.82, 2.24) is 10.3 Å². The quantitative estimate of drug-likeness (QED) is 0.579. The third kappa shape index (κ3) is 4.23. The molecule has 0 unspecified atom stereocenters. The van der Waals surface area contributed by atoms with Gasteiger partial charge in [0, 0.05) is 29.8 Å². The standard InChI is InChI=1S/C20H18ClN3O2S/c1-25-13-4-6-15-18(11-13)22-9-8-19(15)26-14-5-7-17(16(21)10-14)24-20(27)23-12-2-3-12/h4-12H,2-3H2,1H3,(H2,23,24,27). The molecule has 138 valence electrons. The van der Waals surface area contributed by atoms with Gasteiger partial charge in [0.05, 0.1) is 23.3 Å². The van der Waals surface area contributed by atoms with Crippen molar-refractivity contribution in [2.75, 3.05) is 12.4 Å². The van der Waals surface area contributed by atoms with E-state index in [9.17, 15) is 0 Å². The molecule has 0 aliphatic heterocycles. The Bertz CT molecular complexity index is 1010. The zero-order chi connectivity index (χ0) is 18.8. The molecular weight excluding hydrogens is 382 g/mol. The third-order valence-electron chi connectivity index (χ3n) is 4.24. The lowest BCUT2D eigenvalue weighted by atomic mass is 10.2. The highest BCUT2D eigenvalue weighted by atomic mass is 35.5. The van der Waals surface area contributed by atoms with Crippen molar-refractivity contribution < 1.29 is 9.47 Å². The summed E-state index contributed by atoms with van der Waals surface area (Å²) in [6.07, 6.45) is 4.03. The highest BCUT2D eigenvalue weighted by molar-refractivity contribution is 7.80. The number of methoxy groups -OCH3 is 1. The summed E-state index contributed by atoms with van der Waals surface area (Å²) in [6.45, 7) is 0. The number of thiocarbonyl (C=S) groups is 1. The lowest BCUT2D eigenvalue weighted by Gasteiger charge is -2.13. The molecule has 0 amide bonds. The average molecular weight is 400 g/mol. The maximum Gasteiger partial charge on any atom is 0.171 e. The van der Waals surface area contributed by atoms with Crippen LogP contribution in [0.15, 0.2) is 48.7 Å². The van der Waals surface area contributed by atoms with Gasteiger partial charge < -0.3 is 20.1 Å². The van der Waals surface area contributed by atoms with Gasteiger partial charge in [-0.2, -0.15) is 0 Å². The summed E-state index contributed by atoms with van der Waals surface area (Å²) in [4.78, 5) is 4.37. The molecular formula is C20H18ClN3O2S. The largest absolute Gasteiger partial charge is 0.497 e. The van der Waals surface area contributed by atoms with Crippen molar-refractivity contribution in [2.24, 2.45) is 0 Å². The lowest BCUT2D eigenvalue weighted by molar-refractivity contribution is 0.415. The van der Waals surface area contributed by atoms with E-state index in [1.54, 1.807) is 19.4 Å². The second-order valence-electron chi connectivity index (χ2n) is 6.31. The van der Waals surface area contributed by atoms with Crippen LogP contribution in [0.1, 0.15) is 12.8 Å². The molecule has 4 rings (SSSR count). The van der Waals surface area contributed by atoms with Crippen LogP contribution in [-0.4, -0.2) is 23.2 Å². The molecule has 0 saturated heterocycles. The van der Waals surface area contributed by atoms with Crippen LogP contribution >= 0.6 is 23.8 Å². The Morgan fingerprint density at radius 3 is 2.70 bits per heavy atom. The first-order valence-electron chi connectivity index (χ1n) is 8.60. The molecule has 2 aromatic carbocycles. The number of halogens is 1. The molecule has 1 aromatic heterocycles. The molecule has 5 nitrogen and oxygen atoms in total. The predicted octanol–water partition coefficient (Wildman–Crippen LogP) is 5.14. The SMILES string of the molecule is COc1ccc2c(Oc3ccc(NC(=S)NC4CC4)c(Cl)c3)ccnc2c1. The number of hydrogen-bond donors (Lipinski definition) is 2. The summed E-state index contributed by atoms with van der Waals surface area (Å²) < 4.78 is 11.3. The second-order valence-corrected chi connectivity index (χ2v) is 7.12. The molecule has 7 heteroatoms. The number of anilines is 1. The van der Waals surface area contributed by atoms with Crippen LogP contribution in [0, 0.1) is 0 Å². The van der Waals surface area contributed by atoms with Gasteiger partial charge in [-0.3, -0.25) is 4.98 Å². The highest BCUT2D eigenvalue weighted by Crippen LogP contribution is 2.33. The number of ether oxygens (including phenoxy) is 2. The van der Waals surface area contributed by atoms with Gasteiger partial charge in [0.25, 0.3) is 0 Å². The molecule has 2 N–H and O–H groups in total. The molecule has 0 radical (unpaired) electrons.